The number of piperidine rings is 1. The summed E-state index contributed by atoms with van der Waals surface area (Å²) in [6, 6.07) is 23.3. The predicted molar refractivity (Wildman–Crippen MR) is 147 cm³/mol. The van der Waals surface area contributed by atoms with Crippen LogP contribution in [-0.2, 0) is 17.8 Å². The lowest BCUT2D eigenvalue weighted by atomic mass is 9.96. The van der Waals surface area contributed by atoms with Crippen molar-refractivity contribution in [3.63, 3.8) is 0 Å². The Morgan fingerprint density at radius 2 is 1.75 bits per heavy atom. The highest BCUT2D eigenvalue weighted by Gasteiger charge is 2.19. The van der Waals surface area contributed by atoms with Gasteiger partial charge in [-0.15, -0.1) is 0 Å². The number of hydrogen-bond donors (Lipinski definition) is 2. The number of anilines is 1. The second kappa shape index (κ2) is 11.1. The van der Waals surface area contributed by atoms with E-state index in [0.717, 1.165) is 45.7 Å². The molecule has 2 aliphatic rings. The molecule has 0 radical (unpaired) electrons. The number of hydrogen-bond acceptors (Lipinski definition) is 4. The van der Waals surface area contributed by atoms with E-state index in [1.165, 1.54) is 31.4 Å². The van der Waals surface area contributed by atoms with Crippen molar-refractivity contribution >= 4 is 17.7 Å². The first-order valence-corrected chi connectivity index (χ1v) is 13.0. The van der Waals surface area contributed by atoms with E-state index in [4.69, 9.17) is 10.5 Å². The Balaban J connectivity index is 1.28. The summed E-state index contributed by atoms with van der Waals surface area (Å²) in [6.45, 7) is 2.19. The number of carbonyl (C=O) groups excluding carboxylic acids is 1. The SMILES string of the molecule is CN1CCCCC1Cc1ccc(NC(=O)C2=Cc3cc(-c4ccc(CN)cc4)ccc3OCC2)cc1. The first kappa shape index (κ1) is 24.3. The molecule has 5 heteroatoms. The minimum Gasteiger partial charge on any atom is -0.493 e. The van der Waals surface area contributed by atoms with Crippen LogP contribution in [0, 0.1) is 0 Å². The monoisotopic (exact) mass is 481 g/mol. The number of ether oxygens (including phenoxy) is 1. The molecule has 1 fully saturated rings. The summed E-state index contributed by atoms with van der Waals surface area (Å²) in [5.41, 5.74) is 12.8. The number of nitrogens with zero attached hydrogens (tertiary/aromatic N) is 1. The molecule has 3 aromatic rings. The standard InChI is InChI=1S/C31H35N3O2/c1-34-16-3-2-4-29(34)18-22-7-12-28(13-8-22)33-31(35)26-15-17-36-30-14-11-25(19-27(30)20-26)24-9-5-23(21-32)6-10-24/h5-14,19-20,29H,2-4,15-18,21,32H2,1H3,(H,33,35). The van der Waals surface area contributed by atoms with E-state index >= 15 is 0 Å². The summed E-state index contributed by atoms with van der Waals surface area (Å²) in [7, 11) is 2.22. The average molecular weight is 482 g/mol. The Labute approximate surface area is 214 Å². The lowest BCUT2D eigenvalue weighted by Gasteiger charge is -2.32. The normalized spacial score (nSPS) is 17.9. The fraction of sp³-hybridized carbons (Fsp3) is 0.323. The topological polar surface area (TPSA) is 67.6 Å². The van der Waals surface area contributed by atoms with Crippen molar-refractivity contribution in [2.45, 2.75) is 44.7 Å². The molecule has 36 heavy (non-hydrogen) atoms. The van der Waals surface area contributed by atoms with E-state index in [1.54, 1.807) is 0 Å². The number of likely N-dealkylation sites (tertiary alicyclic amines) is 1. The second-order valence-electron chi connectivity index (χ2n) is 9.91. The van der Waals surface area contributed by atoms with Gasteiger partial charge in [-0.1, -0.05) is 48.9 Å². The lowest BCUT2D eigenvalue weighted by Crippen LogP contribution is -2.37. The number of likely N-dealkylation sites (N-methyl/N-ethyl adjacent to an activating group) is 1. The molecule has 1 unspecified atom stereocenters. The zero-order chi connectivity index (χ0) is 24.9. The predicted octanol–water partition coefficient (Wildman–Crippen LogP) is 5.64. The lowest BCUT2D eigenvalue weighted by molar-refractivity contribution is -0.113. The summed E-state index contributed by atoms with van der Waals surface area (Å²) in [5.74, 6) is 0.723. The zero-order valence-electron chi connectivity index (χ0n) is 21.0. The van der Waals surface area contributed by atoms with E-state index < -0.39 is 0 Å². The van der Waals surface area contributed by atoms with E-state index in [9.17, 15) is 4.79 Å². The minimum atomic E-state index is -0.0797. The molecule has 186 valence electrons. The molecular weight excluding hydrogens is 446 g/mol. The molecule has 2 aliphatic heterocycles. The van der Waals surface area contributed by atoms with Gasteiger partial charge in [0.25, 0.3) is 5.91 Å². The van der Waals surface area contributed by atoms with Crippen molar-refractivity contribution in [3.8, 4) is 16.9 Å². The molecule has 5 rings (SSSR count). The molecule has 0 spiro atoms. The van der Waals surface area contributed by atoms with Crippen molar-refractivity contribution in [3.05, 3.63) is 89.0 Å². The van der Waals surface area contributed by atoms with Gasteiger partial charge in [0.1, 0.15) is 5.75 Å². The quantitative estimate of drug-likeness (QED) is 0.478. The van der Waals surface area contributed by atoms with Crippen LogP contribution in [0.25, 0.3) is 17.2 Å². The summed E-state index contributed by atoms with van der Waals surface area (Å²) in [5, 5.41) is 3.08. The number of nitrogens with two attached hydrogens (primary N) is 1. The Hall–Kier alpha value is -3.41. The molecule has 3 aromatic carbocycles. The highest BCUT2D eigenvalue weighted by Crippen LogP contribution is 2.31. The van der Waals surface area contributed by atoms with Crippen LogP contribution in [0.5, 0.6) is 5.75 Å². The van der Waals surface area contributed by atoms with Gasteiger partial charge in [0.05, 0.1) is 6.61 Å². The number of benzene rings is 3. The highest BCUT2D eigenvalue weighted by molar-refractivity contribution is 6.07. The summed E-state index contributed by atoms with van der Waals surface area (Å²) in [4.78, 5) is 15.6. The average Bonchev–Trinajstić information content (AvgIpc) is 3.13. The van der Waals surface area contributed by atoms with Crippen LogP contribution in [-0.4, -0.2) is 37.0 Å². The van der Waals surface area contributed by atoms with Gasteiger partial charge in [0.2, 0.25) is 0 Å². The van der Waals surface area contributed by atoms with Gasteiger partial charge in [-0.05, 0) is 85.5 Å². The fourth-order valence-corrected chi connectivity index (χ4v) is 5.13. The van der Waals surface area contributed by atoms with Crippen molar-refractivity contribution in [2.75, 3.05) is 25.5 Å². The molecule has 0 aliphatic carbocycles. The first-order valence-electron chi connectivity index (χ1n) is 13.0. The molecule has 0 bridgehead atoms. The Morgan fingerprint density at radius 3 is 2.50 bits per heavy atom. The number of amides is 1. The van der Waals surface area contributed by atoms with Gasteiger partial charge in [0, 0.05) is 35.8 Å². The van der Waals surface area contributed by atoms with Gasteiger partial charge in [-0.25, -0.2) is 0 Å². The summed E-state index contributed by atoms with van der Waals surface area (Å²) >= 11 is 0. The van der Waals surface area contributed by atoms with Crippen molar-refractivity contribution in [2.24, 2.45) is 5.73 Å². The molecule has 0 saturated carbocycles. The van der Waals surface area contributed by atoms with Crippen molar-refractivity contribution in [1.82, 2.24) is 4.90 Å². The zero-order valence-corrected chi connectivity index (χ0v) is 21.0. The van der Waals surface area contributed by atoms with Gasteiger partial charge < -0.3 is 20.7 Å². The smallest absolute Gasteiger partial charge is 0.251 e. The van der Waals surface area contributed by atoms with Crippen LogP contribution in [0.2, 0.25) is 0 Å². The minimum absolute atomic E-state index is 0.0797. The largest absolute Gasteiger partial charge is 0.493 e. The van der Waals surface area contributed by atoms with E-state index in [0.29, 0.717) is 25.6 Å². The van der Waals surface area contributed by atoms with Gasteiger partial charge >= 0.3 is 0 Å². The van der Waals surface area contributed by atoms with Crippen LogP contribution in [0.3, 0.4) is 0 Å². The molecule has 5 nitrogen and oxygen atoms in total. The number of fused-ring (bicyclic) bond motifs is 1. The molecule has 3 N–H and O–H groups in total. The highest BCUT2D eigenvalue weighted by atomic mass is 16.5. The molecular formula is C31H35N3O2. The Morgan fingerprint density at radius 1 is 1.00 bits per heavy atom. The van der Waals surface area contributed by atoms with Crippen molar-refractivity contribution in [1.29, 1.82) is 0 Å². The Bertz CT molecular complexity index is 1230. The number of nitrogens with one attached hydrogen (secondary N) is 1. The third kappa shape index (κ3) is 5.69. The maximum atomic E-state index is 13.1. The third-order valence-electron chi connectivity index (χ3n) is 7.39. The first-order chi connectivity index (χ1) is 17.6. The van der Waals surface area contributed by atoms with Crippen molar-refractivity contribution < 1.29 is 9.53 Å². The van der Waals surface area contributed by atoms with Crippen LogP contribution >= 0.6 is 0 Å². The van der Waals surface area contributed by atoms with E-state index in [2.05, 4.69) is 53.7 Å². The van der Waals surface area contributed by atoms with Gasteiger partial charge in [-0.3, -0.25) is 4.79 Å². The molecule has 0 aromatic heterocycles. The molecule has 1 saturated heterocycles. The maximum absolute atomic E-state index is 13.1. The summed E-state index contributed by atoms with van der Waals surface area (Å²) < 4.78 is 5.95. The van der Waals surface area contributed by atoms with E-state index in [-0.39, 0.29) is 5.91 Å². The fourth-order valence-electron chi connectivity index (χ4n) is 5.13. The van der Waals surface area contributed by atoms with E-state index in [1.807, 2.05) is 36.4 Å². The molecule has 1 amide bonds. The second-order valence-corrected chi connectivity index (χ2v) is 9.91. The maximum Gasteiger partial charge on any atom is 0.251 e. The van der Waals surface area contributed by atoms with Crippen LogP contribution in [0.1, 0.15) is 42.4 Å². The van der Waals surface area contributed by atoms with Crippen LogP contribution in [0.15, 0.2) is 72.3 Å². The number of carbonyl (C=O) groups is 1. The number of rotatable bonds is 6. The molecule has 1 atom stereocenters. The van der Waals surface area contributed by atoms with Crippen LogP contribution in [0.4, 0.5) is 5.69 Å². The van der Waals surface area contributed by atoms with Crippen LogP contribution < -0.4 is 15.8 Å². The summed E-state index contributed by atoms with van der Waals surface area (Å²) in [6.07, 6.45) is 7.45. The Kier molecular flexibility index (Phi) is 7.49. The van der Waals surface area contributed by atoms with Gasteiger partial charge in [0.15, 0.2) is 0 Å². The third-order valence-corrected chi connectivity index (χ3v) is 7.39. The van der Waals surface area contributed by atoms with Gasteiger partial charge in [-0.2, -0.15) is 0 Å². The molecule has 2 heterocycles.